The summed E-state index contributed by atoms with van der Waals surface area (Å²) in [4.78, 5) is 23.3. The van der Waals surface area contributed by atoms with E-state index in [2.05, 4.69) is 5.32 Å². The first kappa shape index (κ1) is 14.8. The molecular formula is C15H23N3O2. The maximum atomic E-state index is 12.0. The lowest BCUT2D eigenvalue weighted by Crippen LogP contribution is -2.33. The van der Waals surface area contributed by atoms with Gasteiger partial charge in [0, 0.05) is 25.9 Å². The highest BCUT2D eigenvalue weighted by molar-refractivity contribution is 5.93. The molecule has 0 radical (unpaired) electrons. The fourth-order valence-corrected chi connectivity index (χ4v) is 2.74. The van der Waals surface area contributed by atoms with Crippen LogP contribution in [0, 0.1) is 11.8 Å². The number of hydrogen-bond acceptors (Lipinski definition) is 3. The van der Waals surface area contributed by atoms with Crippen molar-refractivity contribution in [2.45, 2.75) is 25.7 Å². The number of nitrogens with zero attached hydrogens (tertiary/aromatic N) is 1. The molecule has 0 atom stereocenters. The van der Waals surface area contributed by atoms with E-state index in [1.54, 1.807) is 19.3 Å². The zero-order valence-electron chi connectivity index (χ0n) is 12.0. The van der Waals surface area contributed by atoms with E-state index in [1.165, 1.54) is 10.6 Å². The van der Waals surface area contributed by atoms with Gasteiger partial charge in [-0.3, -0.25) is 9.59 Å². The van der Waals surface area contributed by atoms with E-state index in [9.17, 15) is 9.59 Å². The average molecular weight is 277 g/mol. The zero-order valence-corrected chi connectivity index (χ0v) is 12.0. The quantitative estimate of drug-likeness (QED) is 0.857. The lowest BCUT2D eigenvalue weighted by Gasteiger charge is -2.27. The third-order valence-electron chi connectivity index (χ3n) is 4.20. The first-order chi connectivity index (χ1) is 9.60. The Morgan fingerprint density at radius 1 is 1.30 bits per heavy atom. The van der Waals surface area contributed by atoms with Crippen LogP contribution in [0.1, 0.15) is 36.0 Å². The topological polar surface area (TPSA) is 77.1 Å². The number of aryl methyl sites for hydroxylation is 1. The van der Waals surface area contributed by atoms with Crippen molar-refractivity contribution in [3.63, 3.8) is 0 Å². The minimum atomic E-state index is -0.110. The number of hydrogen-bond donors (Lipinski definition) is 2. The largest absolute Gasteiger partial charge is 0.352 e. The minimum absolute atomic E-state index is 0.110. The molecule has 1 saturated carbocycles. The van der Waals surface area contributed by atoms with Gasteiger partial charge in [-0.15, -0.1) is 0 Å². The first-order valence-corrected chi connectivity index (χ1v) is 7.25. The summed E-state index contributed by atoms with van der Waals surface area (Å²) in [7, 11) is 1.65. The van der Waals surface area contributed by atoms with E-state index >= 15 is 0 Å². The number of carbonyl (C=O) groups excluding carboxylic acids is 1. The summed E-state index contributed by atoms with van der Waals surface area (Å²) in [5.41, 5.74) is 6.10. The SMILES string of the molecule is Cn1cc(C(=O)NCC2CCC(CN)CC2)ccc1=O. The van der Waals surface area contributed by atoms with Gasteiger partial charge < -0.3 is 15.6 Å². The van der Waals surface area contributed by atoms with Crippen molar-refractivity contribution in [3.8, 4) is 0 Å². The maximum Gasteiger partial charge on any atom is 0.252 e. The molecule has 0 bridgehead atoms. The molecule has 2 rings (SSSR count). The standard InChI is InChI=1S/C15H23N3O2/c1-18-10-13(6-7-14(18)19)15(20)17-9-12-4-2-11(8-16)3-5-12/h6-7,10-12H,2-5,8-9,16H2,1H3,(H,17,20). The van der Waals surface area contributed by atoms with Gasteiger partial charge >= 0.3 is 0 Å². The number of amides is 1. The van der Waals surface area contributed by atoms with Gasteiger partial charge in [-0.25, -0.2) is 0 Å². The molecule has 1 aromatic heterocycles. The molecule has 0 spiro atoms. The van der Waals surface area contributed by atoms with Gasteiger partial charge in [-0.2, -0.15) is 0 Å². The van der Waals surface area contributed by atoms with Crippen molar-refractivity contribution >= 4 is 5.91 Å². The number of pyridine rings is 1. The Morgan fingerprint density at radius 3 is 2.55 bits per heavy atom. The van der Waals surface area contributed by atoms with Crippen LogP contribution in [-0.4, -0.2) is 23.6 Å². The van der Waals surface area contributed by atoms with Crippen LogP contribution in [0.15, 0.2) is 23.1 Å². The molecule has 1 heterocycles. The molecule has 0 saturated heterocycles. The lowest BCUT2D eigenvalue weighted by molar-refractivity contribution is 0.0940. The van der Waals surface area contributed by atoms with Crippen molar-refractivity contribution in [3.05, 3.63) is 34.2 Å². The highest BCUT2D eigenvalue weighted by Crippen LogP contribution is 2.27. The molecule has 20 heavy (non-hydrogen) atoms. The number of aromatic nitrogens is 1. The smallest absolute Gasteiger partial charge is 0.252 e. The third-order valence-corrected chi connectivity index (χ3v) is 4.20. The van der Waals surface area contributed by atoms with Crippen LogP contribution >= 0.6 is 0 Å². The lowest BCUT2D eigenvalue weighted by atomic mass is 9.82. The molecule has 0 aliphatic heterocycles. The summed E-state index contributed by atoms with van der Waals surface area (Å²) in [5.74, 6) is 1.10. The van der Waals surface area contributed by atoms with E-state index in [4.69, 9.17) is 5.73 Å². The zero-order chi connectivity index (χ0) is 14.5. The van der Waals surface area contributed by atoms with Gasteiger partial charge in [-0.1, -0.05) is 0 Å². The Morgan fingerprint density at radius 2 is 1.95 bits per heavy atom. The predicted molar refractivity (Wildman–Crippen MR) is 78.5 cm³/mol. The fraction of sp³-hybridized carbons (Fsp3) is 0.600. The minimum Gasteiger partial charge on any atom is -0.352 e. The fourth-order valence-electron chi connectivity index (χ4n) is 2.74. The summed E-state index contributed by atoms with van der Waals surface area (Å²) in [6.45, 7) is 1.48. The Bertz CT molecular complexity index is 516. The van der Waals surface area contributed by atoms with Crippen LogP contribution in [0.3, 0.4) is 0 Å². The van der Waals surface area contributed by atoms with Crippen LogP contribution in [0.5, 0.6) is 0 Å². The number of nitrogens with two attached hydrogens (primary N) is 1. The van der Waals surface area contributed by atoms with Crippen LogP contribution < -0.4 is 16.6 Å². The van der Waals surface area contributed by atoms with Crippen molar-refractivity contribution in [1.29, 1.82) is 0 Å². The second-order valence-electron chi connectivity index (χ2n) is 5.70. The van der Waals surface area contributed by atoms with Crippen LogP contribution in [0.4, 0.5) is 0 Å². The molecular weight excluding hydrogens is 254 g/mol. The molecule has 5 nitrogen and oxygen atoms in total. The Kier molecular flexibility index (Phi) is 4.95. The van der Waals surface area contributed by atoms with Crippen LogP contribution in [0.25, 0.3) is 0 Å². The summed E-state index contributed by atoms with van der Waals surface area (Å²) >= 11 is 0. The molecule has 0 unspecified atom stereocenters. The maximum absolute atomic E-state index is 12.0. The van der Waals surface area contributed by atoms with Gasteiger partial charge in [0.05, 0.1) is 5.56 Å². The summed E-state index contributed by atoms with van der Waals surface area (Å²) in [6, 6.07) is 2.99. The van der Waals surface area contributed by atoms with Crippen molar-refractivity contribution in [2.24, 2.45) is 24.6 Å². The van der Waals surface area contributed by atoms with Crippen LogP contribution in [-0.2, 0) is 7.05 Å². The van der Waals surface area contributed by atoms with Gasteiger partial charge in [-0.05, 0) is 50.1 Å². The molecule has 1 fully saturated rings. The Balaban J connectivity index is 1.83. The summed E-state index contributed by atoms with van der Waals surface area (Å²) < 4.78 is 1.42. The van der Waals surface area contributed by atoms with E-state index in [1.807, 2.05) is 0 Å². The molecule has 1 aliphatic carbocycles. The molecule has 1 aliphatic rings. The van der Waals surface area contributed by atoms with Gasteiger partial charge in [0.1, 0.15) is 0 Å². The van der Waals surface area contributed by atoms with Crippen molar-refractivity contribution < 1.29 is 4.79 Å². The number of nitrogens with one attached hydrogen (secondary N) is 1. The Hall–Kier alpha value is -1.62. The van der Waals surface area contributed by atoms with Gasteiger partial charge in [0.25, 0.3) is 5.91 Å². The monoisotopic (exact) mass is 277 g/mol. The van der Waals surface area contributed by atoms with Crippen molar-refractivity contribution in [1.82, 2.24) is 9.88 Å². The summed E-state index contributed by atoms with van der Waals surface area (Å²) in [6.07, 6.45) is 6.17. The second kappa shape index (κ2) is 6.70. The normalized spacial score (nSPS) is 22.5. The van der Waals surface area contributed by atoms with Gasteiger partial charge in [0.2, 0.25) is 5.56 Å². The molecule has 1 aromatic rings. The highest BCUT2D eigenvalue weighted by Gasteiger charge is 2.20. The van der Waals surface area contributed by atoms with Crippen molar-refractivity contribution in [2.75, 3.05) is 13.1 Å². The van der Waals surface area contributed by atoms with Crippen LogP contribution in [0.2, 0.25) is 0 Å². The average Bonchev–Trinajstić information content (AvgIpc) is 2.48. The third kappa shape index (κ3) is 3.70. The molecule has 110 valence electrons. The van der Waals surface area contributed by atoms with E-state index in [0.717, 1.165) is 32.2 Å². The highest BCUT2D eigenvalue weighted by atomic mass is 16.2. The van der Waals surface area contributed by atoms with E-state index < -0.39 is 0 Å². The van der Waals surface area contributed by atoms with E-state index in [-0.39, 0.29) is 11.5 Å². The molecule has 0 aromatic carbocycles. The predicted octanol–water partition coefficient (Wildman–Crippen LogP) is 0.880. The summed E-state index contributed by atoms with van der Waals surface area (Å²) in [5, 5.41) is 2.96. The molecule has 5 heteroatoms. The molecule has 3 N–H and O–H groups in total. The Labute approximate surface area is 119 Å². The van der Waals surface area contributed by atoms with Gasteiger partial charge in [0.15, 0.2) is 0 Å². The van der Waals surface area contributed by atoms with E-state index in [0.29, 0.717) is 23.9 Å². The second-order valence-corrected chi connectivity index (χ2v) is 5.70. The number of rotatable bonds is 4. The number of carbonyl (C=O) groups is 1. The molecule has 1 amide bonds. The first-order valence-electron chi connectivity index (χ1n) is 7.25.